The highest BCUT2D eigenvalue weighted by molar-refractivity contribution is 9.10. The number of carbonyl (C=O) groups is 2. The molecule has 5 nitrogen and oxygen atoms in total. The molecule has 6 heteroatoms. The van der Waals surface area contributed by atoms with Crippen LogP contribution < -0.4 is 16.0 Å². The van der Waals surface area contributed by atoms with E-state index in [-0.39, 0.29) is 6.03 Å². The molecule has 3 amide bonds. The predicted molar refractivity (Wildman–Crippen MR) is 137 cm³/mol. The van der Waals surface area contributed by atoms with Crippen LogP contribution in [0.25, 0.3) is 0 Å². The fraction of sp³-hybridized carbons (Fsp3) is 0.259. The lowest BCUT2D eigenvalue weighted by Crippen LogP contribution is -2.34. The molecule has 0 saturated heterocycles. The quantitative estimate of drug-likeness (QED) is 0.384. The summed E-state index contributed by atoms with van der Waals surface area (Å²) in [6.45, 7) is 0.363. The number of benzene rings is 3. The highest BCUT2D eigenvalue weighted by atomic mass is 79.9. The normalized spacial score (nSPS) is 14.0. The molecule has 170 valence electrons. The Morgan fingerprint density at radius 1 is 0.939 bits per heavy atom. The van der Waals surface area contributed by atoms with Gasteiger partial charge in [0.1, 0.15) is 0 Å². The summed E-state index contributed by atoms with van der Waals surface area (Å²) in [7, 11) is 0. The second kappa shape index (κ2) is 10.7. The average Bonchev–Trinajstić information content (AvgIpc) is 2.83. The Hall–Kier alpha value is -3.12. The van der Waals surface area contributed by atoms with Crippen molar-refractivity contribution in [2.24, 2.45) is 5.73 Å². The number of amides is 3. The van der Waals surface area contributed by atoms with Crippen molar-refractivity contribution in [2.75, 3.05) is 10.2 Å². The minimum Gasteiger partial charge on any atom is -0.366 e. The minimum absolute atomic E-state index is 0.225. The van der Waals surface area contributed by atoms with E-state index in [4.69, 9.17) is 5.73 Å². The number of nitrogens with two attached hydrogens (primary N) is 1. The Morgan fingerprint density at radius 3 is 2.27 bits per heavy atom. The van der Waals surface area contributed by atoms with Gasteiger partial charge in [-0.1, -0.05) is 65.5 Å². The molecule has 1 aliphatic rings. The number of urea groups is 1. The number of nitrogens with zero attached hydrogens (tertiary/aromatic N) is 1. The molecule has 1 aliphatic carbocycles. The SMILES string of the molecule is NC(=O)c1ccc(CN(C(=O)Nc2cccc(Br)c2)c2ccc(C3CCCCC3)cc2)cc1. The summed E-state index contributed by atoms with van der Waals surface area (Å²) in [5.41, 5.74) is 9.58. The van der Waals surface area contributed by atoms with Gasteiger partial charge in [-0.2, -0.15) is 0 Å². The first-order chi connectivity index (χ1) is 16.0. The number of rotatable bonds is 6. The third kappa shape index (κ3) is 6.02. The van der Waals surface area contributed by atoms with Crippen molar-refractivity contribution in [3.05, 3.63) is 94.0 Å². The maximum absolute atomic E-state index is 13.3. The fourth-order valence-electron chi connectivity index (χ4n) is 4.36. The monoisotopic (exact) mass is 505 g/mol. The lowest BCUT2D eigenvalue weighted by Gasteiger charge is -2.26. The summed E-state index contributed by atoms with van der Waals surface area (Å²) in [6.07, 6.45) is 6.37. The summed E-state index contributed by atoms with van der Waals surface area (Å²) in [4.78, 5) is 26.4. The zero-order valence-corrected chi connectivity index (χ0v) is 20.1. The van der Waals surface area contributed by atoms with Crippen LogP contribution in [0, 0.1) is 0 Å². The molecule has 0 spiro atoms. The van der Waals surface area contributed by atoms with Crippen molar-refractivity contribution in [1.29, 1.82) is 0 Å². The first-order valence-corrected chi connectivity index (χ1v) is 12.1. The topological polar surface area (TPSA) is 75.4 Å². The summed E-state index contributed by atoms with van der Waals surface area (Å²) >= 11 is 3.45. The van der Waals surface area contributed by atoms with Crippen molar-refractivity contribution >= 4 is 39.2 Å². The van der Waals surface area contributed by atoms with Crippen molar-refractivity contribution in [3.63, 3.8) is 0 Å². The van der Waals surface area contributed by atoms with Crippen LogP contribution in [0.4, 0.5) is 16.2 Å². The van der Waals surface area contributed by atoms with E-state index in [9.17, 15) is 9.59 Å². The largest absolute Gasteiger partial charge is 0.366 e. The van der Waals surface area contributed by atoms with E-state index in [1.165, 1.54) is 37.7 Å². The number of halogens is 1. The number of nitrogens with one attached hydrogen (secondary N) is 1. The van der Waals surface area contributed by atoms with Crippen LogP contribution in [0.3, 0.4) is 0 Å². The molecule has 4 rings (SSSR count). The zero-order chi connectivity index (χ0) is 23.2. The summed E-state index contributed by atoms with van der Waals surface area (Å²) < 4.78 is 0.894. The first-order valence-electron chi connectivity index (χ1n) is 11.3. The van der Waals surface area contributed by atoms with Crippen LogP contribution in [0.15, 0.2) is 77.3 Å². The van der Waals surface area contributed by atoms with Gasteiger partial charge in [-0.25, -0.2) is 4.79 Å². The molecular weight excluding hydrogens is 478 g/mol. The lowest BCUT2D eigenvalue weighted by atomic mass is 9.84. The third-order valence-electron chi connectivity index (χ3n) is 6.18. The second-order valence-corrected chi connectivity index (χ2v) is 9.43. The van der Waals surface area contributed by atoms with Gasteiger partial charge in [0.15, 0.2) is 0 Å². The fourth-order valence-corrected chi connectivity index (χ4v) is 4.76. The van der Waals surface area contributed by atoms with Gasteiger partial charge in [0.05, 0.1) is 6.54 Å². The van der Waals surface area contributed by atoms with Gasteiger partial charge in [0.2, 0.25) is 5.91 Å². The Kier molecular flexibility index (Phi) is 7.45. The number of carbonyl (C=O) groups excluding carboxylic acids is 2. The van der Waals surface area contributed by atoms with E-state index in [1.54, 1.807) is 17.0 Å². The molecule has 0 bridgehead atoms. The van der Waals surface area contributed by atoms with Crippen LogP contribution in [0.5, 0.6) is 0 Å². The molecule has 0 heterocycles. The molecule has 1 fully saturated rings. The van der Waals surface area contributed by atoms with Gasteiger partial charge in [0.25, 0.3) is 0 Å². The number of primary amides is 1. The molecule has 3 aromatic rings. The van der Waals surface area contributed by atoms with Gasteiger partial charge in [-0.3, -0.25) is 9.69 Å². The second-order valence-electron chi connectivity index (χ2n) is 8.51. The maximum Gasteiger partial charge on any atom is 0.326 e. The molecular formula is C27H28BrN3O2. The smallest absolute Gasteiger partial charge is 0.326 e. The molecule has 0 unspecified atom stereocenters. The van der Waals surface area contributed by atoms with E-state index in [0.29, 0.717) is 23.7 Å². The summed E-state index contributed by atoms with van der Waals surface area (Å²) in [5.74, 6) is 0.141. The van der Waals surface area contributed by atoms with Crippen LogP contribution in [0.1, 0.15) is 59.5 Å². The third-order valence-corrected chi connectivity index (χ3v) is 6.67. The molecule has 3 N–H and O–H groups in total. The van der Waals surface area contributed by atoms with Gasteiger partial charge in [-0.05, 0) is 72.4 Å². The van der Waals surface area contributed by atoms with E-state index in [1.807, 2.05) is 48.5 Å². The number of hydrogen-bond donors (Lipinski definition) is 2. The van der Waals surface area contributed by atoms with E-state index in [2.05, 4.69) is 33.4 Å². The summed E-state index contributed by atoms with van der Waals surface area (Å²) in [5, 5.41) is 2.99. The van der Waals surface area contributed by atoms with Crippen molar-refractivity contribution < 1.29 is 9.59 Å². The summed E-state index contributed by atoms with van der Waals surface area (Å²) in [6, 6.07) is 22.7. The van der Waals surface area contributed by atoms with E-state index < -0.39 is 5.91 Å². The van der Waals surface area contributed by atoms with Crippen LogP contribution in [0.2, 0.25) is 0 Å². The Balaban J connectivity index is 1.58. The van der Waals surface area contributed by atoms with Crippen LogP contribution >= 0.6 is 15.9 Å². The average molecular weight is 506 g/mol. The lowest BCUT2D eigenvalue weighted by molar-refractivity contribution is 0.1000. The first kappa shape index (κ1) is 23.1. The minimum atomic E-state index is -0.468. The highest BCUT2D eigenvalue weighted by Crippen LogP contribution is 2.33. The van der Waals surface area contributed by atoms with Crippen LogP contribution in [-0.4, -0.2) is 11.9 Å². The predicted octanol–water partition coefficient (Wildman–Crippen LogP) is 6.83. The van der Waals surface area contributed by atoms with Crippen molar-refractivity contribution in [1.82, 2.24) is 0 Å². The highest BCUT2D eigenvalue weighted by Gasteiger charge is 2.19. The molecule has 1 saturated carbocycles. The molecule has 0 radical (unpaired) electrons. The zero-order valence-electron chi connectivity index (χ0n) is 18.5. The molecule has 0 aromatic heterocycles. The number of hydrogen-bond acceptors (Lipinski definition) is 2. The molecule has 33 heavy (non-hydrogen) atoms. The maximum atomic E-state index is 13.3. The van der Waals surface area contributed by atoms with Gasteiger partial charge in [0, 0.05) is 21.4 Å². The van der Waals surface area contributed by atoms with Gasteiger partial charge < -0.3 is 11.1 Å². The molecule has 0 aliphatic heterocycles. The van der Waals surface area contributed by atoms with Gasteiger partial charge >= 0.3 is 6.03 Å². The van der Waals surface area contributed by atoms with Crippen LogP contribution in [-0.2, 0) is 6.54 Å². The van der Waals surface area contributed by atoms with Crippen molar-refractivity contribution in [3.8, 4) is 0 Å². The van der Waals surface area contributed by atoms with E-state index in [0.717, 1.165) is 15.7 Å². The molecule has 0 atom stereocenters. The Labute approximate surface area is 203 Å². The standard InChI is InChI=1S/C27H28BrN3O2/c28-23-7-4-8-24(17-23)30-27(33)31(18-19-9-11-22(12-10-19)26(29)32)25-15-13-21(14-16-25)20-5-2-1-3-6-20/h4,7-17,20H,1-3,5-6,18H2,(H2,29,32)(H,30,33). The van der Waals surface area contributed by atoms with E-state index >= 15 is 0 Å². The molecule has 3 aromatic carbocycles. The number of anilines is 2. The van der Waals surface area contributed by atoms with Gasteiger partial charge in [-0.15, -0.1) is 0 Å². The Bertz CT molecular complexity index is 1110. The van der Waals surface area contributed by atoms with Crippen molar-refractivity contribution in [2.45, 2.75) is 44.6 Å². The Morgan fingerprint density at radius 2 is 1.64 bits per heavy atom.